The highest BCUT2D eigenvalue weighted by Crippen LogP contribution is 2.30. The molecular formula is C16H29N3OS. The fourth-order valence-corrected chi connectivity index (χ4v) is 4.66. The summed E-state index contributed by atoms with van der Waals surface area (Å²) in [6.07, 6.45) is 8.71. The molecule has 1 aliphatic heterocycles. The second-order valence-electron chi connectivity index (χ2n) is 6.38. The molecule has 1 unspecified atom stereocenters. The molecule has 2 aliphatic rings. The number of nitrogens with one attached hydrogen (secondary N) is 2. The lowest BCUT2D eigenvalue weighted by Crippen LogP contribution is -2.36. The van der Waals surface area contributed by atoms with Gasteiger partial charge in [0, 0.05) is 46.6 Å². The van der Waals surface area contributed by atoms with Crippen molar-refractivity contribution in [3.63, 3.8) is 0 Å². The topological polar surface area (TPSA) is 56.2 Å². The monoisotopic (exact) mass is 311 g/mol. The van der Waals surface area contributed by atoms with E-state index >= 15 is 0 Å². The van der Waals surface area contributed by atoms with E-state index < -0.39 is 9.73 Å². The lowest BCUT2D eigenvalue weighted by Gasteiger charge is -2.37. The normalized spacial score (nSPS) is 30.6. The van der Waals surface area contributed by atoms with Gasteiger partial charge in [-0.05, 0) is 56.4 Å². The quantitative estimate of drug-likeness (QED) is 0.821. The second-order valence-corrected chi connectivity index (χ2v) is 8.91. The van der Waals surface area contributed by atoms with Crippen LogP contribution >= 0.6 is 0 Å². The Morgan fingerprint density at radius 2 is 2.10 bits per heavy atom. The van der Waals surface area contributed by atoms with E-state index in [2.05, 4.69) is 30.3 Å². The van der Waals surface area contributed by atoms with Crippen LogP contribution in [0.4, 0.5) is 0 Å². The van der Waals surface area contributed by atoms with Gasteiger partial charge in [0.1, 0.15) is 0 Å². The highest BCUT2D eigenvalue weighted by molar-refractivity contribution is 7.92. The van der Waals surface area contributed by atoms with E-state index in [0.717, 1.165) is 32.2 Å². The Morgan fingerprint density at radius 3 is 2.62 bits per heavy atom. The van der Waals surface area contributed by atoms with Gasteiger partial charge in [-0.25, -0.2) is 4.21 Å². The SMILES string of the molecule is CCS(=N)(=O)CC1CCC(N(C)/C(C)=C2\C=CNC2)CC1. The Balaban J connectivity index is 1.89. The van der Waals surface area contributed by atoms with Crippen LogP contribution < -0.4 is 5.32 Å². The zero-order valence-electron chi connectivity index (χ0n) is 13.5. The summed E-state index contributed by atoms with van der Waals surface area (Å²) >= 11 is 0. The van der Waals surface area contributed by atoms with Gasteiger partial charge in [-0.2, -0.15) is 0 Å². The van der Waals surface area contributed by atoms with Crippen molar-refractivity contribution in [2.75, 3.05) is 25.1 Å². The molecule has 1 atom stereocenters. The molecule has 5 heteroatoms. The average molecular weight is 311 g/mol. The fraction of sp³-hybridized carbons (Fsp3) is 0.750. The van der Waals surface area contributed by atoms with E-state index in [1.54, 1.807) is 0 Å². The summed E-state index contributed by atoms with van der Waals surface area (Å²) in [6.45, 7) is 5.00. The number of rotatable bonds is 5. The third-order valence-electron chi connectivity index (χ3n) is 5.02. The molecule has 0 bridgehead atoms. The highest BCUT2D eigenvalue weighted by atomic mass is 32.2. The molecular weight excluding hydrogens is 282 g/mol. The Kier molecular flexibility index (Phi) is 5.36. The molecule has 1 heterocycles. The van der Waals surface area contributed by atoms with Crippen LogP contribution in [0.15, 0.2) is 23.5 Å². The molecule has 0 amide bonds. The van der Waals surface area contributed by atoms with Crippen molar-refractivity contribution in [2.24, 2.45) is 5.92 Å². The molecule has 1 fully saturated rings. The van der Waals surface area contributed by atoms with Crippen molar-refractivity contribution in [2.45, 2.75) is 45.6 Å². The van der Waals surface area contributed by atoms with E-state index in [9.17, 15) is 4.21 Å². The lowest BCUT2D eigenvalue weighted by atomic mass is 9.86. The minimum absolute atomic E-state index is 0.487. The Morgan fingerprint density at radius 1 is 1.43 bits per heavy atom. The first kappa shape index (κ1) is 16.4. The van der Waals surface area contributed by atoms with Crippen molar-refractivity contribution >= 4 is 9.73 Å². The van der Waals surface area contributed by atoms with Gasteiger partial charge in [0.05, 0.1) is 0 Å². The molecule has 2 rings (SSSR count). The Labute approximate surface area is 129 Å². The third-order valence-corrected chi connectivity index (χ3v) is 6.97. The van der Waals surface area contributed by atoms with E-state index in [0.29, 0.717) is 23.5 Å². The molecule has 0 aromatic rings. The molecule has 120 valence electrons. The predicted octanol–water partition coefficient (Wildman–Crippen LogP) is 2.93. The minimum Gasteiger partial charge on any atom is -0.387 e. The van der Waals surface area contributed by atoms with Crippen LogP contribution in [-0.2, 0) is 9.73 Å². The molecule has 0 radical (unpaired) electrons. The summed E-state index contributed by atoms with van der Waals surface area (Å²) in [5.74, 6) is 1.59. The highest BCUT2D eigenvalue weighted by Gasteiger charge is 2.26. The molecule has 1 saturated carbocycles. The van der Waals surface area contributed by atoms with Crippen molar-refractivity contribution in [1.82, 2.24) is 10.2 Å². The molecule has 0 aromatic carbocycles. The minimum atomic E-state index is -2.33. The zero-order valence-corrected chi connectivity index (χ0v) is 14.3. The van der Waals surface area contributed by atoms with Crippen LogP contribution in [0.3, 0.4) is 0 Å². The van der Waals surface area contributed by atoms with Crippen LogP contribution in [0.5, 0.6) is 0 Å². The van der Waals surface area contributed by atoms with Gasteiger partial charge in [0.2, 0.25) is 0 Å². The number of allylic oxidation sites excluding steroid dienone is 1. The van der Waals surface area contributed by atoms with Gasteiger partial charge >= 0.3 is 0 Å². The summed E-state index contributed by atoms with van der Waals surface area (Å²) in [5, 5.41) is 3.23. The van der Waals surface area contributed by atoms with Gasteiger partial charge in [-0.3, -0.25) is 4.78 Å². The molecule has 0 spiro atoms. The van der Waals surface area contributed by atoms with E-state index in [-0.39, 0.29) is 0 Å². The van der Waals surface area contributed by atoms with Crippen LogP contribution in [0, 0.1) is 10.7 Å². The number of hydrogen-bond donors (Lipinski definition) is 2. The Hall–Kier alpha value is -0.970. The maximum atomic E-state index is 12.0. The summed E-state index contributed by atoms with van der Waals surface area (Å²) in [6, 6.07) is 0.589. The van der Waals surface area contributed by atoms with E-state index in [1.165, 1.54) is 11.3 Å². The van der Waals surface area contributed by atoms with Gasteiger partial charge in [0.25, 0.3) is 0 Å². The maximum absolute atomic E-state index is 12.0. The largest absolute Gasteiger partial charge is 0.387 e. The molecule has 0 aromatic heterocycles. The smallest absolute Gasteiger partial charge is 0.0441 e. The average Bonchev–Trinajstić information content (AvgIpc) is 3.00. The van der Waals surface area contributed by atoms with Crippen LogP contribution in [-0.4, -0.2) is 40.2 Å². The molecule has 4 nitrogen and oxygen atoms in total. The van der Waals surface area contributed by atoms with Crippen molar-refractivity contribution < 1.29 is 4.21 Å². The molecule has 2 N–H and O–H groups in total. The summed E-state index contributed by atoms with van der Waals surface area (Å²) in [5.41, 5.74) is 2.73. The van der Waals surface area contributed by atoms with Gasteiger partial charge in [-0.1, -0.05) is 6.92 Å². The summed E-state index contributed by atoms with van der Waals surface area (Å²) < 4.78 is 19.8. The molecule has 0 saturated heterocycles. The standard InChI is InChI=1S/C16H29N3OS/c1-4-21(17,20)12-14-5-7-16(8-6-14)19(3)13(2)15-9-10-18-11-15/h9-10,14,16-18H,4-8,11-12H2,1-3H3/b15-13+. The maximum Gasteiger partial charge on any atom is 0.0441 e. The van der Waals surface area contributed by atoms with Crippen LogP contribution in [0.2, 0.25) is 0 Å². The first-order chi connectivity index (χ1) is 9.93. The van der Waals surface area contributed by atoms with Gasteiger partial charge in [0.15, 0.2) is 0 Å². The van der Waals surface area contributed by atoms with Crippen LogP contribution in [0.25, 0.3) is 0 Å². The summed E-state index contributed by atoms with van der Waals surface area (Å²) in [4.78, 5) is 2.42. The van der Waals surface area contributed by atoms with E-state index in [4.69, 9.17) is 4.78 Å². The number of nitrogens with zero attached hydrogens (tertiary/aromatic N) is 1. The van der Waals surface area contributed by atoms with Gasteiger partial charge < -0.3 is 10.2 Å². The van der Waals surface area contributed by atoms with Gasteiger partial charge in [-0.15, -0.1) is 0 Å². The zero-order chi connectivity index (χ0) is 15.5. The first-order valence-electron chi connectivity index (χ1n) is 7.99. The molecule has 1 aliphatic carbocycles. The third kappa shape index (κ3) is 4.25. The van der Waals surface area contributed by atoms with Crippen molar-refractivity contribution in [1.29, 1.82) is 4.78 Å². The Bertz CT molecular complexity index is 514. The first-order valence-corrected chi connectivity index (χ1v) is 9.89. The fourth-order valence-electron chi connectivity index (χ4n) is 3.33. The summed E-state index contributed by atoms with van der Waals surface area (Å²) in [7, 11) is -0.133. The van der Waals surface area contributed by atoms with Crippen LogP contribution in [0.1, 0.15) is 39.5 Å². The predicted molar refractivity (Wildman–Crippen MR) is 89.6 cm³/mol. The van der Waals surface area contributed by atoms with Crippen molar-refractivity contribution in [3.8, 4) is 0 Å². The molecule has 21 heavy (non-hydrogen) atoms. The second kappa shape index (κ2) is 6.86. The van der Waals surface area contributed by atoms with Crippen molar-refractivity contribution in [3.05, 3.63) is 23.5 Å². The number of hydrogen-bond acceptors (Lipinski definition) is 4. The lowest BCUT2D eigenvalue weighted by molar-refractivity contribution is 0.207. The van der Waals surface area contributed by atoms with E-state index in [1.807, 2.05) is 13.1 Å².